The largest absolute Gasteiger partial charge is 0.369 e. The number of nitriles is 1. The molecule has 0 aliphatic rings. The van der Waals surface area contributed by atoms with Gasteiger partial charge in [0.25, 0.3) is 5.91 Å². The second-order valence-corrected chi connectivity index (χ2v) is 1.94. The molecule has 0 aliphatic carbocycles. The van der Waals surface area contributed by atoms with Gasteiger partial charge in [0.1, 0.15) is 6.42 Å². The molecule has 0 rings (SSSR count). The third-order valence-corrected chi connectivity index (χ3v) is 0.663. The van der Waals surface area contributed by atoms with E-state index in [1.165, 1.54) is 6.34 Å². The molecule has 0 N–H and O–H groups in total. The lowest BCUT2D eigenvalue weighted by Crippen LogP contribution is -2.09. The van der Waals surface area contributed by atoms with Gasteiger partial charge in [-0.25, -0.2) is 4.99 Å². The first-order chi connectivity index (χ1) is 4.66. The van der Waals surface area contributed by atoms with E-state index >= 15 is 0 Å². The van der Waals surface area contributed by atoms with Gasteiger partial charge < -0.3 is 4.90 Å². The monoisotopic (exact) mass is 139 g/mol. The lowest BCUT2D eigenvalue weighted by atomic mass is 10.5. The highest BCUT2D eigenvalue weighted by atomic mass is 16.1. The maximum absolute atomic E-state index is 10.5. The maximum atomic E-state index is 10.5. The molecule has 10 heavy (non-hydrogen) atoms. The van der Waals surface area contributed by atoms with Crippen LogP contribution in [0.3, 0.4) is 0 Å². The van der Waals surface area contributed by atoms with E-state index in [0.29, 0.717) is 0 Å². The molecule has 4 heteroatoms. The van der Waals surface area contributed by atoms with Crippen molar-refractivity contribution >= 4 is 12.2 Å². The smallest absolute Gasteiger partial charge is 0.261 e. The van der Waals surface area contributed by atoms with Crippen LogP contribution in [-0.4, -0.2) is 31.2 Å². The van der Waals surface area contributed by atoms with E-state index in [0.717, 1.165) is 0 Å². The van der Waals surface area contributed by atoms with E-state index in [1.54, 1.807) is 25.1 Å². The lowest BCUT2D eigenvalue weighted by molar-refractivity contribution is -0.116. The molecule has 0 spiro atoms. The highest BCUT2D eigenvalue weighted by molar-refractivity contribution is 5.85. The van der Waals surface area contributed by atoms with Gasteiger partial charge in [0.15, 0.2) is 0 Å². The number of carbonyl (C=O) groups is 1. The highest BCUT2D eigenvalue weighted by Crippen LogP contribution is 1.80. The minimum absolute atomic E-state index is 0.148. The van der Waals surface area contributed by atoms with Crippen molar-refractivity contribution in [3.63, 3.8) is 0 Å². The zero-order valence-electron chi connectivity index (χ0n) is 6.03. The molecule has 0 saturated heterocycles. The van der Waals surface area contributed by atoms with Crippen LogP contribution in [0.5, 0.6) is 0 Å². The summed E-state index contributed by atoms with van der Waals surface area (Å²) < 4.78 is 0. The van der Waals surface area contributed by atoms with Crippen LogP contribution in [0.25, 0.3) is 0 Å². The molecule has 0 radical (unpaired) electrons. The summed E-state index contributed by atoms with van der Waals surface area (Å²) in [7, 11) is 3.51. The molecule has 0 heterocycles. The fourth-order valence-corrected chi connectivity index (χ4v) is 0.293. The van der Waals surface area contributed by atoms with Crippen LogP contribution < -0.4 is 0 Å². The minimum Gasteiger partial charge on any atom is -0.369 e. The molecule has 54 valence electrons. The third kappa shape index (κ3) is 4.78. The molecule has 0 bridgehead atoms. The Morgan fingerprint density at radius 2 is 2.40 bits per heavy atom. The average molecular weight is 139 g/mol. The summed E-state index contributed by atoms with van der Waals surface area (Å²) in [5, 5.41) is 8.04. The van der Waals surface area contributed by atoms with Crippen molar-refractivity contribution in [2.24, 2.45) is 4.99 Å². The third-order valence-electron chi connectivity index (χ3n) is 0.663. The number of nitrogens with zero attached hydrogens (tertiary/aromatic N) is 3. The normalized spacial score (nSPS) is 9.30. The van der Waals surface area contributed by atoms with Gasteiger partial charge in [0, 0.05) is 14.1 Å². The van der Waals surface area contributed by atoms with Crippen LogP contribution in [0.15, 0.2) is 4.99 Å². The average Bonchev–Trinajstić information content (AvgIpc) is 1.85. The quantitative estimate of drug-likeness (QED) is 0.400. The Morgan fingerprint density at radius 1 is 1.80 bits per heavy atom. The van der Waals surface area contributed by atoms with Gasteiger partial charge in [0.05, 0.1) is 12.4 Å². The van der Waals surface area contributed by atoms with Gasteiger partial charge in [-0.3, -0.25) is 4.79 Å². The summed E-state index contributed by atoms with van der Waals surface area (Å²) in [6, 6.07) is 1.71. The number of hydrogen-bond acceptors (Lipinski definition) is 2. The van der Waals surface area contributed by atoms with Gasteiger partial charge in [0.2, 0.25) is 0 Å². The van der Waals surface area contributed by atoms with Gasteiger partial charge in [-0.2, -0.15) is 5.26 Å². The van der Waals surface area contributed by atoms with E-state index in [1.807, 2.05) is 0 Å². The zero-order valence-corrected chi connectivity index (χ0v) is 6.03. The summed E-state index contributed by atoms with van der Waals surface area (Å²) in [4.78, 5) is 15.6. The van der Waals surface area contributed by atoms with Crippen LogP contribution in [0.2, 0.25) is 0 Å². The van der Waals surface area contributed by atoms with Gasteiger partial charge >= 0.3 is 0 Å². The molecule has 0 aliphatic heterocycles. The van der Waals surface area contributed by atoms with Crippen LogP contribution in [0.4, 0.5) is 0 Å². The van der Waals surface area contributed by atoms with E-state index in [9.17, 15) is 4.79 Å². The topological polar surface area (TPSA) is 56.5 Å². The van der Waals surface area contributed by atoms with E-state index in [-0.39, 0.29) is 6.42 Å². The number of aliphatic imine (C=N–C) groups is 1. The molecule has 0 atom stereocenters. The van der Waals surface area contributed by atoms with Crippen LogP contribution in [0.1, 0.15) is 6.42 Å². The number of amides is 1. The Morgan fingerprint density at radius 3 is 2.80 bits per heavy atom. The molecular weight excluding hydrogens is 130 g/mol. The van der Waals surface area contributed by atoms with E-state index < -0.39 is 5.91 Å². The molecule has 0 fully saturated rings. The molecule has 0 aromatic heterocycles. The van der Waals surface area contributed by atoms with Crippen molar-refractivity contribution in [3.8, 4) is 6.07 Å². The van der Waals surface area contributed by atoms with Crippen molar-refractivity contribution in [2.45, 2.75) is 6.42 Å². The van der Waals surface area contributed by atoms with E-state index in [4.69, 9.17) is 5.26 Å². The minimum atomic E-state index is -0.406. The van der Waals surface area contributed by atoms with Crippen molar-refractivity contribution < 1.29 is 4.79 Å². The van der Waals surface area contributed by atoms with Gasteiger partial charge in [-0.1, -0.05) is 0 Å². The Labute approximate surface area is 59.8 Å². The van der Waals surface area contributed by atoms with Crippen LogP contribution in [-0.2, 0) is 4.79 Å². The first kappa shape index (κ1) is 8.63. The number of rotatable bonds is 2. The second kappa shape index (κ2) is 4.50. The summed E-state index contributed by atoms with van der Waals surface area (Å²) >= 11 is 0. The molecule has 1 amide bonds. The van der Waals surface area contributed by atoms with Crippen molar-refractivity contribution in [2.75, 3.05) is 14.1 Å². The number of hydrogen-bond donors (Lipinski definition) is 0. The predicted octanol–water partition coefficient (Wildman–Crippen LogP) is 0.0166. The van der Waals surface area contributed by atoms with Crippen LogP contribution >= 0.6 is 0 Å². The zero-order chi connectivity index (χ0) is 7.98. The van der Waals surface area contributed by atoms with Gasteiger partial charge in [-0.15, -0.1) is 0 Å². The summed E-state index contributed by atoms with van der Waals surface area (Å²) in [5.41, 5.74) is 0. The first-order valence-corrected chi connectivity index (χ1v) is 2.77. The molecule has 0 aromatic carbocycles. The molecule has 0 aromatic rings. The fraction of sp³-hybridized carbons (Fsp3) is 0.500. The Bertz CT molecular complexity index is 178. The van der Waals surface area contributed by atoms with Crippen molar-refractivity contribution in [3.05, 3.63) is 0 Å². The highest BCUT2D eigenvalue weighted by Gasteiger charge is 1.93. The second-order valence-electron chi connectivity index (χ2n) is 1.94. The van der Waals surface area contributed by atoms with Crippen molar-refractivity contribution in [1.29, 1.82) is 5.26 Å². The van der Waals surface area contributed by atoms with Crippen molar-refractivity contribution in [1.82, 2.24) is 4.90 Å². The molecule has 0 unspecified atom stereocenters. The summed E-state index contributed by atoms with van der Waals surface area (Å²) in [6.07, 6.45) is 1.23. The Balaban J connectivity index is 3.69. The SMILES string of the molecule is CN(C)C=NC(=O)CC#N. The predicted molar refractivity (Wildman–Crippen MR) is 37.4 cm³/mol. The van der Waals surface area contributed by atoms with Crippen LogP contribution in [0, 0.1) is 11.3 Å². The first-order valence-electron chi connectivity index (χ1n) is 2.77. The van der Waals surface area contributed by atoms with Gasteiger partial charge in [-0.05, 0) is 0 Å². The standard InChI is InChI=1S/C6H9N3O/c1-9(2)5-8-6(10)3-4-7/h5H,3H2,1-2H3. The summed E-state index contributed by atoms with van der Waals surface area (Å²) in [5.74, 6) is -0.406. The lowest BCUT2D eigenvalue weighted by Gasteiger charge is -1.99. The number of carbonyl (C=O) groups excluding carboxylic acids is 1. The maximum Gasteiger partial charge on any atom is 0.261 e. The molecular formula is C6H9N3O. The Hall–Kier alpha value is -1.37. The van der Waals surface area contributed by atoms with E-state index in [2.05, 4.69) is 4.99 Å². The molecule has 4 nitrogen and oxygen atoms in total. The Kier molecular flexibility index (Phi) is 3.89. The molecule has 0 saturated carbocycles. The summed E-state index contributed by atoms with van der Waals surface area (Å²) in [6.45, 7) is 0. The fourth-order valence-electron chi connectivity index (χ4n) is 0.293.